The first-order valence-electron chi connectivity index (χ1n) is 10.1. The standard InChI is InChI=1S/C24H23N5OS/c1-19(31-24-25-26-27-29(24)22-15-9-4-10-16-22)23(30)28(17-20-11-5-2-6-12-20)18-21-13-7-3-8-14-21/h2-16,19H,17-18H2,1H3/t19-/m1/s1. The van der Waals surface area contributed by atoms with Gasteiger partial charge in [-0.05, 0) is 40.6 Å². The first kappa shape index (κ1) is 20.8. The molecule has 0 saturated heterocycles. The SMILES string of the molecule is C[C@@H](Sc1nnnn1-c1ccccc1)C(=O)N(Cc1ccccc1)Cc1ccccc1. The van der Waals surface area contributed by atoms with E-state index in [1.165, 1.54) is 11.8 Å². The molecule has 4 aromatic rings. The lowest BCUT2D eigenvalue weighted by atomic mass is 10.1. The summed E-state index contributed by atoms with van der Waals surface area (Å²) in [5, 5.41) is 12.3. The highest BCUT2D eigenvalue weighted by Gasteiger charge is 2.24. The van der Waals surface area contributed by atoms with Gasteiger partial charge in [0.2, 0.25) is 11.1 Å². The molecule has 0 N–H and O–H groups in total. The van der Waals surface area contributed by atoms with E-state index in [0.29, 0.717) is 18.2 Å². The summed E-state index contributed by atoms with van der Waals surface area (Å²) in [6.45, 7) is 2.99. The number of amides is 1. The van der Waals surface area contributed by atoms with Crippen LogP contribution in [0.15, 0.2) is 96.2 Å². The zero-order valence-electron chi connectivity index (χ0n) is 17.2. The summed E-state index contributed by atoms with van der Waals surface area (Å²) in [4.78, 5) is 15.3. The maximum Gasteiger partial charge on any atom is 0.236 e. The number of nitrogens with zero attached hydrogens (tertiary/aromatic N) is 5. The van der Waals surface area contributed by atoms with E-state index >= 15 is 0 Å². The third-order valence-electron chi connectivity index (χ3n) is 4.82. The molecule has 0 saturated carbocycles. The number of aromatic nitrogens is 4. The van der Waals surface area contributed by atoms with Crippen molar-refractivity contribution in [2.75, 3.05) is 0 Å². The number of carbonyl (C=O) groups excluding carboxylic acids is 1. The quantitative estimate of drug-likeness (QED) is 0.389. The average molecular weight is 430 g/mol. The minimum Gasteiger partial charge on any atom is -0.333 e. The molecule has 0 bridgehead atoms. The van der Waals surface area contributed by atoms with Crippen LogP contribution >= 0.6 is 11.8 Å². The second-order valence-corrected chi connectivity index (χ2v) is 8.44. The molecule has 0 radical (unpaired) electrons. The molecular weight excluding hydrogens is 406 g/mol. The molecule has 156 valence electrons. The zero-order chi connectivity index (χ0) is 21.5. The van der Waals surface area contributed by atoms with Gasteiger partial charge in [-0.3, -0.25) is 4.79 Å². The van der Waals surface area contributed by atoms with E-state index in [4.69, 9.17) is 0 Å². The summed E-state index contributed by atoms with van der Waals surface area (Å²) in [5.74, 6) is 0.0420. The van der Waals surface area contributed by atoms with Crippen molar-refractivity contribution < 1.29 is 4.79 Å². The number of thioether (sulfide) groups is 1. The van der Waals surface area contributed by atoms with E-state index in [1.54, 1.807) is 4.68 Å². The van der Waals surface area contributed by atoms with Gasteiger partial charge in [0, 0.05) is 13.1 Å². The topological polar surface area (TPSA) is 63.9 Å². The van der Waals surface area contributed by atoms with Gasteiger partial charge in [-0.1, -0.05) is 90.6 Å². The molecule has 1 atom stereocenters. The Labute approximate surface area is 185 Å². The molecule has 0 aliphatic rings. The number of para-hydroxylation sites is 1. The molecule has 31 heavy (non-hydrogen) atoms. The highest BCUT2D eigenvalue weighted by atomic mass is 32.2. The van der Waals surface area contributed by atoms with E-state index in [0.717, 1.165) is 16.8 Å². The number of hydrogen-bond donors (Lipinski definition) is 0. The van der Waals surface area contributed by atoms with Crippen LogP contribution in [0.1, 0.15) is 18.1 Å². The predicted octanol–water partition coefficient (Wildman–Crippen LogP) is 4.37. The average Bonchev–Trinajstić information content (AvgIpc) is 3.28. The number of rotatable bonds is 8. The van der Waals surface area contributed by atoms with E-state index in [1.807, 2.05) is 103 Å². The van der Waals surface area contributed by atoms with Crippen molar-refractivity contribution in [3.8, 4) is 5.69 Å². The molecule has 6 nitrogen and oxygen atoms in total. The second kappa shape index (κ2) is 10.0. The highest BCUT2D eigenvalue weighted by molar-refractivity contribution is 8.00. The van der Waals surface area contributed by atoms with E-state index in [9.17, 15) is 4.79 Å². The third kappa shape index (κ3) is 5.38. The molecule has 1 heterocycles. The number of carbonyl (C=O) groups is 1. The summed E-state index contributed by atoms with van der Waals surface area (Å²) in [7, 11) is 0. The Morgan fingerprint density at radius 3 is 1.94 bits per heavy atom. The van der Waals surface area contributed by atoms with Crippen LogP contribution in [0.3, 0.4) is 0 Å². The fourth-order valence-electron chi connectivity index (χ4n) is 3.27. The largest absolute Gasteiger partial charge is 0.333 e. The van der Waals surface area contributed by atoms with Crippen molar-refractivity contribution in [3.63, 3.8) is 0 Å². The molecule has 1 amide bonds. The predicted molar refractivity (Wildman–Crippen MR) is 122 cm³/mol. The maximum absolute atomic E-state index is 13.5. The summed E-state index contributed by atoms with van der Waals surface area (Å²) in [6, 6.07) is 29.8. The monoisotopic (exact) mass is 429 g/mol. The Bertz CT molecular complexity index is 1060. The molecule has 0 spiro atoms. The van der Waals surface area contributed by atoms with Crippen molar-refractivity contribution in [1.82, 2.24) is 25.1 Å². The van der Waals surface area contributed by atoms with E-state index in [-0.39, 0.29) is 11.2 Å². The molecule has 0 fully saturated rings. The fourth-order valence-corrected chi connectivity index (χ4v) is 4.16. The Kier molecular flexibility index (Phi) is 6.74. The second-order valence-electron chi connectivity index (χ2n) is 7.13. The first-order valence-corrected chi connectivity index (χ1v) is 11.0. The normalized spacial score (nSPS) is 11.8. The molecule has 7 heteroatoms. The van der Waals surface area contributed by atoms with Crippen LogP contribution in [0.25, 0.3) is 5.69 Å². The van der Waals surface area contributed by atoms with Crippen LogP contribution in [0.5, 0.6) is 0 Å². The first-order chi connectivity index (χ1) is 15.2. The third-order valence-corrected chi connectivity index (χ3v) is 5.84. The van der Waals surface area contributed by atoms with E-state index < -0.39 is 0 Å². The Morgan fingerprint density at radius 2 is 1.39 bits per heavy atom. The minimum absolute atomic E-state index is 0.0420. The number of hydrogen-bond acceptors (Lipinski definition) is 5. The lowest BCUT2D eigenvalue weighted by Gasteiger charge is -2.26. The van der Waals surface area contributed by atoms with E-state index in [2.05, 4.69) is 15.5 Å². The summed E-state index contributed by atoms with van der Waals surface area (Å²) in [6.07, 6.45) is 0. The molecule has 0 unspecified atom stereocenters. The Balaban J connectivity index is 1.53. The zero-order valence-corrected chi connectivity index (χ0v) is 18.0. The molecule has 1 aromatic heterocycles. The van der Waals surface area contributed by atoms with Gasteiger partial charge in [0.15, 0.2) is 0 Å². The molecule has 0 aliphatic heterocycles. The highest BCUT2D eigenvalue weighted by Crippen LogP contribution is 2.25. The summed E-state index contributed by atoms with van der Waals surface area (Å²) < 4.78 is 1.66. The van der Waals surface area contributed by atoms with Gasteiger partial charge < -0.3 is 4.90 Å². The smallest absolute Gasteiger partial charge is 0.236 e. The molecule has 4 rings (SSSR count). The van der Waals surface area contributed by atoms with Crippen molar-refractivity contribution in [2.24, 2.45) is 0 Å². The summed E-state index contributed by atoms with van der Waals surface area (Å²) >= 11 is 1.36. The van der Waals surface area contributed by atoms with Gasteiger partial charge in [-0.15, -0.1) is 5.10 Å². The van der Waals surface area contributed by atoms with Gasteiger partial charge >= 0.3 is 0 Å². The van der Waals surface area contributed by atoms with Crippen molar-refractivity contribution in [1.29, 1.82) is 0 Å². The van der Waals surface area contributed by atoms with Gasteiger partial charge in [-0.25, -0.2) is 0 Å². The van der Waals surface area contributed by atoms with Crippen LogP contribution in [0.4, 0.5) is 0 Å². The van der Waals surface area contributed by atoms with Crippen LogP contribution in [0.2, 0.25) is 0 Å². The Hall–Kier alpha value is -3.45. The molecule has 3 aromatic carbocycles. The summed E-state index contributed by atoms with van der Waals surface area (Å²) in [5.41, 5.74) is 3.05. The lowest BCUT2D eigenvalue weighted by Crippen LogP contribution is -2.35. The van der Waals surface area contributed by atoms with Gasteiger partial charge in [0.25, 0.3) is 0 Å². The van der Waals surface area contributed by atoms with Crippen LogP contribution in [0, 0.1) is 0 Å². The fraction of sp³-hybridized carbons (Fsp3) is 0.167. The van der Waals surface area contributed by atoms with Gasteiger partial charge in [0.1, 0.15) is 0 Å². The lowest BCUT2D eigenvalue weighted by molar-refractivity contribution is -0.131. The van der Waals surface area contributed by atoms with Gasteiger partial charge in [-0.2, -0.15) is 4.68 Å². The van der Waals surface area contributed by atoms with Crippen molar-refractivity contribution in [2.45, 2.75) is 30.4 Å². The van der Waals surface area contributed by atoms with Crippen molar-refractivity contribution in [3.05, 3.63) is 102 Å². The van der Waals surface area contributed by atoms with Crippen LogP contribution < -0.4 is 0 Å². The van der Waals surface area contributed by atoms with Crippen molar-refractivity contribution >= 4 is 17.7 Å². The number of benzene rings is 3. The van der Waals surface area contributed by atoms with Crippen LogP contribution in [-0.2, 0) is 17.9 Å². The van der Waals surface area contributed by atoms with Crippen LogP contribution in [-0.4, -0.2) is 36.3 Å². The Morgan fingerprint density at radius 1 is 0.871 bits per heavy atom. The molecule has 0 aliphatic carbocycles. The van der Waals surface area contributed by atoms with Gasteiger partial charge in [0.05, 0.1) is 10.9 Å². The number of tetrazole rings is 1. The maximum atomic E-state index is 13.5. The minimum atomic E-state index is -0.346. The molecular formula is C24H23N5OS.